The first kappa shape index (κ1) is 17.1. The molecule has 0 fully saturated rings. The van der Waals surface area contributed by atoms with Gasteiger partial charge in [0.05, 0.1) is 18.9 Å². The van der Waals surface area contributed by atoms with Gasteiger partial charge in [-0.3, -0.25) is 0 Å². The molecule has 25 heavy (non-hydrogen) atoms. The minimum Gasteiger partial charge on any atom is -0.508 e. The van der Waals surface area contributed by atoms with Gasteiger partial charge in [-0.1, -0.05) is 11.8 Å². The summed E-state index contributed by atoms with van der Waals surface area (Å²) in [5, 5.41) is 21.7. The van der Waals surface area contributed by atoms with E-state index >= 15 is 0 Å². The lowest BCUT2D eigenvalue weighted by molar-refractivity contribution is 0.332. The van der Waals surface area contributed by atoms with Crippen molar-refractivity contribution < 1.29 is 14.6 Å². The molecule has 7 nitrogen and oxygen atoms in total. The second-order valence-corrected chi connectivity index (χ2v) is 6.05. The lowest BCUT2D eigenvalue weighted by atomic mass is 10.3. The van der Waals surface area contributed by atoms with Crippen LogP contribution in [0.5, 0.6) is 17.2 Å². The van der Waals surface area contributed by atoms with Crippen LogP contribution in [0.1, 0.15) is 6.92 Å². The van der Waals surface area contributed by atoms with Crippen molar-refractivity contribution in [2.45, 2.75) is 12.1 Å². The van der Waals surface area contributed by atoms with E-state index < -0.39 is 0 Å². The van der Waals surface area contributed by atoms with Crippen molar-refractivity contribution in [3.05, 3.63) is 48.5 Å². The van der Waals surface area contributed by atoms with Crippen molar-refractivity contribution in [2.75, 3.05) is 19.0 Å². The molecule has 0 aliphatic heterocycles. The average molecular weight is 358 g/mol. The Morgan fingerprint density at radius 1 is 1.00 bits per heavy atom. The van der Waals surface area contributed by atoms with E-state index in [9.17, 15) is 5.11 Å². The summed E-state index contributed by atoms with van der Waals surface area (Å²) in [5.74, 6) is 2.53. The second kappa shape index (κ2) is 8.39. The fourth-order valence-corrected chi connectivity index (χ4v) is 2.82. The van der Waals surface area contributed by atoms with Gasteiger partial charge < -0.3 is 14.6 Å². The summed E-state index contributed by atoms with van der Waals surface area (Å²) in [7, 11) is 0. The summed E-state index contributed by atoms with van der Waals surface area (Å²) in [6.45, 7) is 3.13. The van der Waals surface area contributed by atoms with Crippen LogP contribution in [0.25, 0.3) is 5.69 Å². The predicted molar refractivity (Wildman–Crippen MR) is 94.6 cm³/mol. The van der Waals surface area contributed by atoms with Gasteiger partial charge >= 0.3 is 0 Å². The van der Waals surface area contributed by atoms with E-state index in [-0.39, 0.29) is 5.75 Å². The number of aromatic hydroxyl groups is 1. The van der Waals surface area contributed by atoms with Crippen LogP contribution in [-0.2, 0) is 0 Å². The lowest BCUT2D eigenvalue weighted by Crippen LogP contribution is -2.03. The van der Waals surface area contributed by atoms with Crippen LogP contribution < -0.4 is 9.47 Å². The zero-order chi connectivity index (χ0) is 17.5. The number of aromatic nitrogens is 4. The Bertz CT molecular complexity index is 790. The number of thioether (sulfide) groups is 1. The highest BCUT2D eigenvalue weighted by atomic mass is 32.2. The summed E-state index contributed by atoms with van der Waals surface area (Å²) in [6.07, 6.45) is 0. The van der Waals surface area contributed by atoms with Crippen LogP contribution in [0, 0.1) is 0 Å². The first-order chi connectivity index (χ1) is 12.3. The molecule has 8 heteroatoms. The Morgan fingerprint density at radius 3 is 2.36 bits per heavy atom. The molecule has 1 N–H and O–H groups in total. The molecule has 0 bridgehead atoms. The third kappa shape index (κ3) is 4.63. The Kier molecular flexibility index (Phi) is 5.73. The number of benzene rings is 2. The molecule has 0 aliphatic rings. The van der Waals surface area contributed by atoms with Gasteiger partial charge in [0.1, 0.15) is 17.2 Å². The summed E-state index contributed by atoms with van der Waals surface area (Å²) in [5.41, 5.74) is 0.790. The monoisotopic (exact) mass is 358 g/mol. The zero-order valence-corrected chi connectivity index (χ0v) is 14.5. The molecule has 0 unspecified atom stereocenters. The highest BCUT2D eigenvalue weighted by Crippen LogP contribution is 2.21. The van der Waals surface area contributed by atoms with Crippen LogP contribution in [0.15, 0.2) is 53.7 Å². The lowest BCUT2D eigenvalue weighted by Gasteiger charge is -2.08. The van der Waals surface area contributed by atoms with E-state index in [0.29, 0.717) is 24.1 Å². The molecule has 0 saturated carbocycles. The Balaban J connectivity index is 1.51. The number of tetrazole rings is 1. The number of rotatable bonds is 8. The zero-order valence-electron chi connectivity index (χ0n) is 13.7. The SMILES string of the molecule is CCOc1ccc(OCCSc2nnnn2-c2ccc(O)cc2)cc1. The topological polar surface area (TPSA) is 82.3 Å². The molecular formula is C17H18N4O3S. The first-order valence-corrected chi connectivity index (χ1v) is 8.81. The summed E-state index contributed by atoms with van der Waals surface area (Å²) >= 11 is 1.50. The minimum absolute atomic E-state index is 0.204. The van der Waals surface area contributed by atoms with Crippen molar-refractivity contribution >= 4 is 11.8 Å². The highest BCUT2D eigenvalue weighted by molar-refractivity contribution is 7.99. The maximum Gasteiger partial charge on any atom is 0.214 e. The standard InChI is InChI=1S/C17H18N4O3S/c1-2-23-15-7-9-16(10-8-15)24-11-12-25-17-18-19-20-21(17)13-3-5-14(22)6-4-13/h3-10,22H,2,11-12H2,1H3. The van der Waals surface area contributed by atoms with Crippen molar-refractivity contribution in [3.63, 3.8) is 0 Å². The number of phenols is 1. The second-order valence-electron chi connectivity index (χ2n) is 4.99. The third-order valence-corrected chi connectivity index (χ3v) is 4.14. The first-order valence-electron chi connectivity index (χ1n) is 7.82. The minimum atomic E-state index is 0.204. The van der Waals surface area contributed by atoms with Gasteiger partial charge in [-0.2, -0.15) is 4.68 Å². The van der Waals surface area contributed by atoms with Crippen LogP contribution in [0.4, 0.5) is 0 Å². The van der Waals surface area contributed by atoms with Gasteiger partial charge in [0.2, 0.25) is 5.16 Å². The molecule has 0 saturated heterocycles. The number of ether oxygens (including phenoxy) is 2. The van der Waals surface area contributed by atoms with Crippen LogP contribution in [0.2, 0.25) is 0 Å². The Labute approximate surface area is 149 Å². The van der Waals surface area contributed by atoms with E-state index in [4.69, 9.17) is 9.47 Å². The van der Waals surface area contributed by atoms with Gasteiger partial charge in [0.15, 0.2) is 0 Å². The summed E-state index contributed by atoms with van der Waals surface area (Å²) in [4.78, 5) is 0. The van der Waals surface area contributed by atoms with Crippen molar-refractivity contribution in [1.82, 2.24) is 20.2 Å². The fourth-order valence-electron chi connectivity index (χ4n) is 2.12. The van der Waals surface area contributed by atoms with Crippen molar-refractivity contribution in [2.24, 2.45) is 0 Å². The molecule has 3 rings (SSSR count). The number of nitrogens with zero attached hydrogens (tertiary/aromatic N) is 4. The van der Waals surface area contributed by atoms with E-state index in [1.54, 1.807) is 28.9 Å². The smallest absolute Gasteiger partial charge is 0.214 e. The maximum atomic E-state index is 9.36. The molecular weight excluding hydrogens is 340 g/mol. The van der Waals surface area contributed by atoms with E-state index in [2.05, 4.69) is 15.5 Å². The van der Waals surface area contributed by atoms with Crippen molar-refractivity contribution in [1.29, 1.82) is 0 Å². The van der Waals surface area contributed by atoms with Gasteiger partial charge in [-0.15, -0.1) is 5.10 Å². The number of phenolic OH excluding ortho intramolecular Hbond substituents is 1. The van der Waals surface area contributed by atoms with Crippen LogP contribution >= 0.6 is 11.8 Å². The molecule has 1 aromatic heterocycles. The average Bonchev–Trinajstić information content (AvgIpc) is 3.09. The van der Waals surface area contributed by atoms with Crippen LogP contribution in [0.3, 0.4) is 0 Å². The van der Waals surface area contributed by atoms with Gasteiger partial charge in [-0.25, -0.2) is 0 Å². The Hall–Kier alpha value is -2.74. The molecule has 0 radical (unpaired) electrons. The summed E-state index contributed by atoms with van der Waals surface area (Å²) in [6, 6.07) is 14.3. The number of hydrogen-bond donors (Lipinski definition) is 1. The van der Waals surface area contributed by atoms with Crippen molar-refractivity contribution in [3.8, 4) is 22.9 Å². The van der Waals surface area contributed by atoms with Gasteiger partial charge in [0.25, 0.3) is 0 Å². The molecule has 0 atom stereocenters. The van der Waals surface area contributed by atoms with E-state index in [1.807, 2.05) is 31.2 Å². The third-order valence-electron chi connectivity index (χ3n) is 3.25. The normalized spacial score (nSPS) is 10.6. The highest BCUT2D eigenvalue weighted by Gasteiger charge is 2.09. The molecule has 2 aromatic carbocycles. The van der Waals surface area contributed by atoms with Crippen LogP contribution in [-0.4, -0.2) is 44.3 Å². The summed E-state index contributed by atoms with van der Waals surface area (Å²) < 4.78 is 12.7. The quantitative estimate of drug-likeness (QED) is 0.490. The molecule has 1 heterocycles. The Morgan fingerprint density at radius 2 is 1.68 bits per heavy atom. The molecule has 0 aliphatic carbocycles. The molecule has 0 amide bonds. The van der Waals surface area contributed by atoms with Gasteiger partial charge in [-0.05, 0) is 65.9 Å². The maximum absolute atomic E-state index is 9.36. The predicted octanol–water partition coefficient (Wildman–Crippen LogP) is 2.94. The van der Waals surface area contributed by atoms with E-state index in [1.165, 1.54) is 11.8 Å². The number of hydrogen-bond acceptors (Lipinski definition) is 7. The molecule has 3 aromatic rings. The molecule has 130 valence electrons. The van der Waals surface area contributed by atoms with Gasteiger partial charge in [0, 0.05) is 5.75 Å². The molecule has 0 spiro atoms. The van der Waals surface area contributed by atoms with E-state index in [0.717, 1.165) is 17.2 Å². The largest absolute Gasteiger partial charge is 0.508 e. The fraction of sp³-hybridized carbons (Fsp3) is 0.235.